The van der Waals surface area contributed by atoms with Crippen molar-refractivity contribution in [1.82, 2.24) is 5.32 Å². The Bertz CT molecular complexity index is 516. The summed E-state index contributed by atoms with van der Waals surface area (Å²) in [5.41, 5.74) is 0.610. The van der Waals surface area contributed by atoms with Crippen molar-refractivity contribution in [2.45, 2.75) is 26.3 Å². The Hall–Kier alpha value is -1.82. The van der Waals surface area contributed by atoms with Crippen LogP contribution >= 0.6 is 11.8 Å². The smallest absolute Gasteiger partial charge is 0.326 e. The van der Waals surface area contributed by atoms with Gasteiger partial charge in [-0.25, -0.2) is 4.79 Å². The van der Waals surface area contributed by atoms with Crippen molar-refractivity contribution < 1.29 is 19.5 Å². The number of carbonyl (C=O) groups excluding carboxylic acids is 2. The van der Waals surface area contributed by atoms with Gasteiger partial charge >= 0.3 is 5.97 Å². The van der Waals surface area contributed by atoms with Gasteiger partial charge in [0.1, 0.15) is 6.04 Å². The molecule has 1 aromatic rings. The van der Waals surface area contributed by atoms with Crippen LogP contribution in [-0.4, -0.2) is 40.3 Å². The highest BCUT2D eigenvalue weighted by Gasteiger charge is 2.21. The van der Waals surface area contributed by atoms with Crippen LogP contribution in [0.2, 0.25) is 0 Å². The topological polar surface area (TPSA) is 83.5 Å². The Kier molecular flexibility index (Phi) is 7.66. The molecular weight excluding hydrogens is 302 g/mol. The van der Waals surface area contributed by atoms with Gasteiger partial charge in [-0.15, -0.1) is 11.8 Å². The van der Waals surface area contributed by atoms with Crippen LogP contribution in [0.15, 0.2) is 30.3 Å². The highest BCUT2D eigenvalue weighted by molar-refractivity contribution is 8.00. The van der Waals surface area contributed by atoms with Gasteiger partial charge in [0.05, 0.1) is 11.5 Å². The maximum absolute atomic E-state index is 11.9. The Morgan fingerprint density at radius 2 is 1.77 bits per heavy atom. The monoisotopic (exact) mass is 323 g/mol. The zero-order chi connectivity index (χ0) is 16.5. The molecular formula is C16H21NO4S. The summed E-state index contributed by atoms with van der Waals surface area (Å²) in [6, 6.07) is 7.98. The maximum atomic E-state index is 11.9. The molecule has 5 nitrogen and oxygen atoms in total. The molecule has 0 aliphatic heterocycles. The lowest BCUT2D eigenvalue weighted by molar-refractivity contribution is -0.141. The number of thioether (sulfide) groups is 1. The second-order valence-electron chi connectivity index (χ2n) is 5.37. The summed E-state index contributed by atoms with van der Waals surface area (Å²) in [4.78, 5) is 34.7. The van der Waals surface area contributed by atoms with Gasteiger partial charge in [0.2, 0.25) is 5.91 Å². The van der Waals surface area contributed by atoms with E-state index in [1.54, 1.807) is 24.3 Å². The maximum Gasteiger partial charge on any atom is 0.326 e. The SMILES string of the molecule is CC(C)C[C@H](NC(=O)CSCC(=O)c1ccccc1)C(=O)O. The molecule has 0 radical (unpaired) electrons. The molecule has 1 atom stereocenters. The fourth-order valence-corrected chi connectivity index (χ4v) is 2.60. The van der Waals surface area contributed by atoms with Crippen LogP contribution in [0.1, 0.15) is 30.6 Å². The third-order valence-electron chi connectivity index (χ3n) is 2.90. The number of Topliss-reactive ketones (excluding diaryl/α,β-unsaturated/α-hetero) is 1. The highest BCUT2D eigenvalue weighted by atomic mass is 32.2. The molecule has 0 bridgehead atoms. The lowest BCUT2D eigenvalue weighted by atomic mass is 10.0. The molecule has 22 heavy (non-hydrogen) atoms. The summed E-state index contributed by atoms with van der Waals surface area (Å²) in [7, 11) is 0. The average Bonchev–Trinajstić information content (AvgIpc) is 2.46. The molecule has 0 aromatic heterocycles. The molecule has 0 heterocycles. The number of benzene rings is 1. The fraction of sp³-hybridized carbons (Fsp3) is 0.438. The molecule has 2 N–H and O–H groups in total. The van der Waals surface area contributed by atoms with Crippen molar-refractivity contribution in [3.8, 4) is 0 Å². The molecule has 0 aliphatic carbocycles. The second kappa shape index (κ2) is 9.25. The van der Waals surface area contributed by atoms with E-state index in [-0.39, 0.29) is 29.1 Å². The van der Waals surface area contributed by atoms with Crippen molar-refractivity contribution in [3.63, 3.8) is 0 Å². The van der Waals surface area contributed by atoms with Crippen molar-refractivity contribution in [2.24, 2.45) is 5.92 Å². The van der Waals surface area contributed by atoms with E-state index >= 15 is 0 Å². The Morgan fingerprint density at radius 1 is 1.14 bits per heavy atom. The highest BCUT2D eigenvalue weighted by Crippen LogP contribution is 2.08. The first kappa shape index (κ1) is 18.2. The largest absolute Gasteiger partial charge is 0.480 e. The lowest BCUT2D eigenvalue weighted by Crippen LogP contribution is -2.42. The van der Waals surface area contributed by atoms with E-state index in [0.717, 1.165) is 0 Å². The minimum atomic E-state index is -1.03. The lowest BCUT2D eigenvalue weighted by Gasteiger charge is -2.16. The molecule has 0 fully saturated rings. The van der Waals surface area contributed by atoms with Gasteiger partial charge < -0.3 is 10.4 Å². The summed E-state index contributed by atoms with van der Waals surface area (Å²) in [6.45, 7) is 3.80. The summed E-state index contributed by atoms with van der Waals surface area (Å²) < 4.78 is 0. The number of hydrogen-bond donors (Lipinski definition) is 2. The molecule has 0 aliphatic rings. The van der Waals surface area contributed by atoms with Crippen LogP contribution in [0, 0.1) is 5.92 Å². The zero-order valence-electron chi connectivity index (χ0n) is 12.7. The summed E-state index contributed by atoms with van der Waals surface area (Å²) >= 11 is 1.18. The van der Waals surface area contributed by atoms with E-state index in [0.29, 0.717) is 12.0 Å². The van der Waals surface area contributed by atoms with Crippen LogP contribution in [0.25, 0.3) is 0 Å². The van der Waals surface area contributed by atoms with Crippen LogP contribution in [0.3, 0.4) is 0 Å². The van der Waals surface area contributed by atoms with E-state index in [2.05, 4.69) is 5.32 Å². The fourth-order valence-electron chi connectivity index (χ4n) is 1.87. The van der Waals surface area contributed by atoms with Gasteiger partial charge in [0.25, 0.3) is 0 Å². The predicted octanol–water partition coefficient (Wildman–Crippen LogP) is 2.22. The summed E-state index contributed by atoms with van der Waals surface area (Å²) in [5, 5.41) is 11.5. The minimum absolute atomic E-state index is 0.0460. The Labute approximate surface area is 134 Å². The van der Waals surface area contributed by atoms with Crippen molar-refractivity contribution in [3.05, 3.63) is 35.9 Å². The van der Waals surface area contributed by atoms with Crippen molar-refractivity contribution >= 4 is 29.4 Å². The molecule has 0 spiro atoms. The Morgan fingerprint density at radius 3 is 2.32 bits per heavy atom. The van der Waals surface area contributed by atoms with Crippen LogP contribution in [0.5, 0.6) is 0 Å². The van der Waals surface area contributed by atoms with Crippen LogP contribution < -0.4 is 5.32 Å². The third-order valence-corrected chi connectivity index (χ3v) is 3.84. The number of aliphatic carboxylic acids is 1. The predicted molar refractivity (Wildman–Crippen MR) is 87.1 cm³/mol. The number of hydrogen-bond acceptors (Lipinski definition) is 4. The quantitative estimate of drug-likeness (QED) is 0.681. The minimum Gasteiger partial charge on any atom is -0.480 e. The molecule has 0 saturated heterocycles. The van der Waals surface area contributed by atoms with E-state index < -0.39 is 12.0 Å². The Balaban J connectivity index is 2.36. The number of carboxylic acids is 1. The van der Waals surface area contributed by atoms with Crippen molar-refractivity contribution in [1.29, 1.82) is 0 Å². The van der Waals surface area contributed by atoms with E-state index in [9.17, 15) is 14.4 Å². The molecule has 0 unspecified atom stereocenters. The second-order valence-corrected chi connectivity index (χ2v) is 6.36. The first-order chi connectivity index (χ1) is 10.4. The number of carbonyl (C=O) groups is 3. The zero-order valence-corrected chi connectivity index (χ0v) is 13.6. The third kappa shape index (κ3) is 6.76. The number of rotatable bonds is 9. The summed E-state index contributed by atoms with van der Waals surface area (Å²) in [5.74, 6) is -1.00. The van der Waals surface area contributed by atoms with E-state index in [4.69, 9.17) is 5.11 Å². The first-order valence-electron chi connectivity index (χ1n) is 7.08. The molecule has 6 heteroatoms. The normalized spacial score (nSPS) is 12.0. The number of amides is 1. The number of ketones is 1. The van der Waals surface area contributed by atoms with Gasteiger partial charge in [-0.2, -0.15) is 0 Å². The van der Waals surface area contributed by atoms with Crippen molar-refractivity contribution in [2.75, 3.05) is 11.5 Å². The van der Waals surface area contributed by atoms with Crippen LogP contribution in [-0.2, 0) is 9.59 Å². The van der Waals surface area contributed by atoms with Gasteiger partial charge in [-0.1, -0.05) is 44.2 Å². The molecule has 1 amide bonds. The van der Waals surface area contributed by atoms with Crippen LogP contribution in [0.4, 0.5) is 0 Å². The van der Waals surface area contributed by atoms with E-state index in [1.807, 2.05) is 19.9 Å². The molecule has 1 aromatic carbocycles. The number of nitrogens with one attached hydrogen (secondary N) is 1. The molecule has 1 rings (SSSR count). The number of carboxylic acid groups (broad SMARTS) is 1. The molecule has 120 valence electrons. The summed E-state index contributed by atoms with van der Waals surface area (Å²) in [6.07, 6.45) is 0.384. The van der Waals surface area contributed by atoms with Gasteiger partial charge in [0, 0.05) is 5.56 Å². The van der Waals surface area contributed by atoms with Gasteiger partial charge in [0.15, 0.2) is 5.78 Å². The van der Waals surface area contributed by atoms with E-state index in [1.165, 1.54) is 11.8 Å². The standard InChI is InChI=1S/C16H21NO4S/c1-11(2)8-13(16(20)21)17-15(19)10-22-9-14(18)12-6-4-3-5-7-12/h3-7,11,13H,8-10H2,1-2H3,(H,17,19)(H,20,21)/t13-/m0/s1. The van der Waals surface area contributed by atoms with Gasteiger partial charge in [-0.3, -0.25) is 9.59 Å². The molecule has 0 saturated carbocycles. The average molecular weight is 323 g/mol. The van der Waals surface area contributed by atoms with Gasteiger partial charge in [-0.05, 0) is 12.3 Å². The first-order valence-corrected chi connectivity index (χ1v) is 8.23.